The van der Waals surface area contributed by atoms with Gasteiger partial charge in [-0.3, -0.25) is 5.10 Å². The fourth-order valence-corrected chi connectivity index (χ4v) is 2.31. The molecule has 128 valence electrons. The van der Waals surface area contributed by atoms with Crippen LogP contribution in [0.25, 0.3) is 11.3 Å². The number of benzene rings is 1. The highest BCUT2D eigenvalue weighted by molar-refractivity contribution is 5.89. The van der Waals surface area contributed by atoms with Gasteiger partial charge in [-0.15, -0.1) is 0 Å². The van der Waals surface area contributed by atoms with E-state index in [0.29, 0.717) is 6.54 Å². The van der Waals surface area contributed by atoms with E-state index in [0.717, 1.165) is 28.5 Å². The Kier molecular flexibility index (Phi) is 4.94. The van der Waals surface area contributed by atoms with Crippen LogP contribution < -0.4 is 15.5 Å². The first kappa shape index (κ1) is 16.5. The second kappa shape index (κ2) is 7.48. The van der Waals surface area contributed by atoms with Crippen molar-refractivity contribution in [2.45, 2.75) is 6.54 Å². The lowest BCUT2D eigenvalue weighted by atomic mass is 10.1. The van der Waals surface area contributed by atoms with Crippen molar-refractivity contribution in [3.05, 3.63) is 60.4 Å². The van der Waals surface area contributed by atoms with Crippen LogP contribution >= 0.6 is 0 Å². The van der Waals surface area contributed by atoms with Gasteiger partial charge < -0.3 is 15.5 Å². The molecule has 7 heteroatoms. The number of nitrogens with zero attached hydrogens (tertiary/aromatic N) is 3. The average molecular weight is 336 g/mol. The number of carbonyl (C=O) groups is 1. The largest absolute Gasteiger partial charge is 0.363 e. The van der Waals surface area contributed by atoms with Gasteiger partial charge in [-0.2, -0.15) is 5.10 Å². The Balaban J connectivity index is 1.55. The molecule has 1 aromatic carbocycles. The summed E-state index contributed by atoms with van der Waals surface area (Å²) in [6, 6.07) is 14.9. The van der Waals surface area contributed by atoms with Crippen LogP contribution in [0.1, 0.15) is 5.69 Å². The van der Waals surface area contributed by atoms with Gasteiger partial charge in [-0.05, 0) is 35.9 Å². The maximum absolute atomic E-state index is 12.0. The molecular weight excluding hydrogens is 316 g/mol. The molecule has 0 unspecified atom stereocenters. The van der Waals surface area contributed by atoms with Gasteiger partial charge in [-0.25, -0.2) is 9.78 Å². The van der Waals surface area contributed by atoms with E-state index in [2.05, 4.69) is 25.8 Å². The third kappa shape index (κ3) is 4.35. The van der Waals surface area contributed by atoms with Gasteiger partial charge in [0.15, 0.2) is 0 Å². The summed E-state index contributed by atoms with van der Waals surface area (Å²) in [7, 11) is 3.86. The Labute approximate surface area is 146 Å². The minimum Gasteiger partial charge on any atom is -0.363 e. The Morgan fingerprint density at radius 2 is 1.92 bits per heavy atom. The van der Waals surface area contributed by atoms with E-state index in [1.807, 2.05) is 67.5 Å². The molecule has 0 saturated carbocycles. The summed E-state index contributed by atoms with van der Waals surface area (Å²) in [5, 5.41) is 12.4. The number of urea groups is 1. The third-order valence-electron chi connectivity index (χ3n) is 3.63. The summed E-state index contributed by atoms with van der Waals surface area (Å²) in [6.07, 6.45) is 1.70. The van der Waals surface area contributed by atoms with E-state index in [1.54, 1.807) is 6.20 Å². The molecule has 0 aliphatic rings. The van der Waals surface area contributed by atoms with Crippen LogP contribution in [0.3, 0.4) is 0 Å². The lowest BCUT2D eigenvalue weighted by molar-refractivity contribution is 0.251. The number of hydrogen-bond donors (Lipinski definition) is 3. The second-order valence-electron chi connectivity index (χ2n) is 5.74. The zero-order valence-corrected chi connectivity index (χ0v) is 14.2. The van der Waals surface area contributed by atoms with Crippen molar-refractivity contribution < 1.29 is 4.79 Å². The fourth-order valence-electron chi connectivity index (χ4n) is 2.31. The molecule has 3 rings (SSSR count). The number of nitrogens with one attached hydrogen (secondary N) is 3. The molecule has 0 fully saturated rings. The molecule has 0 aliphatic carbocycles. The predicted octanol–water partition coefficient (Wildman–Crippen LogP) is 2.86. The molecule has 2 heterocycles. The molecule has 3 aromatic rings. The minimum absolute atomic E-state index is 0.272. The van der Waals surface area contributed by atoms with E-state index in [9.17, 15) is 4.79 Å². The van der Waals surface area contributed by atoms with E-state index in [4.69, 9.17) is 0 Å². The first-order valence-electron chi connectivity index (χ1n) is 7.90. The summed E-state index contributed by atoms with van der Waals surface area (Å²) >= 11 is 0. The first-order chi connectivity index (χ1) is 12.1. The van der Waals surface area contributed by atoms with Gasteiger partial charge in [0.25, 0.3) is 0 Å². The maximum Gasteiger partial charge on any atom is 0.319 e. The smallest absolute Gasteiger partial charge is 0.319 e. The van der Waals surface area contributed by atoms with E-state index in [-0.39, 0.29) is 6.03 Å². The molecule has 2 amide bonds. The lowest BCUT2D eigenvalue weighted by Crippen LogP contribution is -2.28. The maximum atomic E-state index is 12.0. The summed E-state index contributed by atoms with van der Waals surface area (Å²) in [5.41, 5.74) is 3.46. The average Bonchev–Trinajstić information content (AvgIpc) is 3.15. The van der Waals surface area contributed by atoms with Crippen molar-refractivity contribution in [2.75, 3.05) is 24.3 Å². The van der Waals surface area contributed by atoms with Crippen molar-refractivity contribution in [1.29, 1.82) is 0 Å². The molecular formula is C18H20N6O. The molecule has 0 bridgehead atoms. The van der Waals surface area contributed by atoms with Gasteiger partial charge in [0, 0.05) is 26.0 Å². The third-order valence-corrected chi connectivity index (χ3v) is 3.63. The zero-order valence-electron chi connectivity index (χ0n) is 14.2. The number of carbonyl (C=O) groups excluding carboxylic acids is 1. The molecule has 0 radical (unpaired) electrons. The van der Waals surface area contributed by atoms with Gasteiger partial charge in [-0.1, -0.05) is 18.2 Å². The molecule has 0 saturated heterocycles. The van der Waals surface area contributed by atoms with Crippen LogP contribution in [-0.4, -0.2) is 35.3 Å². The quantitative estimate of drug-likeness (QED) is 0.669. The van der Waals surface area contributed by atoms with Gasteiger partial charge >= 0.3 is 6.03 Å². The molecule has 0 atom stereocenters. The van der Waals surface area contributed by atoms with E-state index >= 15 is 0 Å². The molecule has 0 aliphatic heterocycles. The van der Waals surface area contributed by atoms with Crippen molar-refractivity contribution in [3.8, 4) is 11.3 Å². The van der Waals surface area contributed by atoms with Crippen LogP contribution in [0.2, 0.25) is 0 Å². The minimum atomic E-state index is -0.272. The Hall–Kier alpha value is -3.35. The normalized spacial score (nSPS) is 10.3. The number of amides is 2. The molecule has 2 aromatic heterocycles. The summed E-state index contributed by atoms with van der Waals surface area (Å²) in [4.78, 5) is 18.4. The summed E-state index contributed by atoms with van der Waals surface area (Å²) in [6.45, 7) is 0.361. The second-order valence-corrected chi connectivity index (χ2v) is 5.74. The molecule has 3 N–H and O–H groups in total. The van der Waals surface area contributed by atoms with E-state index < -0.39 is 0 Å². The predicted molar refractivity (Wildman–Crippen MR) is 98.4 cm³/mol. The van der Waals surface area contributed by atoms with Crippen LogP contribution in [0, 0.1) is 0 Å². The fraction of sp³-hybridized carbons (Fsp3) is 0.167. The van der Waals surface area contributed by atoms with Crippen LogP contribution in [-0.2, 0) is 6.54 Å². The topological polar surface area (TPSA) is 85.9 Å². The summed E-state index contributed by atoms with van der Waals surface area (Å²) < 4.78 is 0. The molecule has 0 spiro atoms. The number of rotatable bonds is 5. The molecule has 25 heavy (non-hydrogen) atoms. The number of anilines is 2. The number of H-pyrrole nitrogens is 1. The van der Waals surface area contributed by atoms with Crippen LogP contribution in [0.5, 0.6) is 0 Å². The van der Waals surface area contributed by atoms with Gasteiger partial charge in [0.05, 0.1) is 17.9 Å². The van der Waals surface area contributed by atoms with E-state index in [1.165, 1.54) is 0 Å². The van der Waals surface area contributed by atoms with Crippen molar-refractivity contribution in [2.24, 2.45) is 0 Å². The summed E-state index contributed by atoms with van der Waals surface area (Å²) in [5.74, 6) is 0.856. The lowest BCUT2D eigenvalue weighted by Gasteiger charge is -2.13. The highest BCUT2D eigenvalue weighted by atomic mass is 16.2. The van der Waals surface area contributed by atoms with Gasteiger partial charge in [0.1, 0.15) is 5.82 Å². The van der Waals surface area contributed by atoms with Crippen LogP contribution in [0.15, 0.2) is 54.7 Å². The number of aromatic nitrogens is 3. The first-order valence-corrected chi connectivity index (χ1v) is 7.90. The highest BCUT2D eigenvalue weighted by Gasteiger charge is 2.05. The number of aromatic amines is 1. The molecule has 7 nitrogen and oxygen atoms in total. The zero-order chi connectivity index (χ0) is 17.6. The standard InChI is InChI=1S/C18H20N6O/c1-24(2)17-5-3-4-15(21-17)12-19-18(25)22-14-8-6-13(7-9-14)16-10-11-20-23-16/h3-11H,12H2,1-2H3,(H,20,23)(H2,19,22,25). The van der Waals surface area contributed by atoms with Gasteiger partial charge in [0.2, 0.25) is 0 Å². The van der Waals surface area contributed by atoms with Crippen LogP contribution in [0.4, 0.5) is 16.3 Å². The monoisotopic (exact) mass is 336 g/mol. The Morgan fingerprint density at radius 3 is 2.60 bits per heavy atom. The Morgan fingerprint density at radius 1 is 1.12 bits per heavy atom. The van der Waals surface area contributed by atoms with Crippen molar-refractivity contribution in [3.63, 3.8) is 0 Å². The SMILES string of the molecule is CN(C)c1cccc(CNC(=O)Nc2ccc(-c3ccn[nH]3)cc2)n1. The number of pyridine rings is 1. The Bertz CT molecular complexity index is 827. The van der Waals surface area contributed by atoms with Crippen molar-refractivity contribution in [1.82, 2.24) is 20.5 Å². The highest BCUT2D eigenvalue weighted by Crippen LogP contribution is 2.18. The number of hydrogen-bond acceptors (Lipinski definition) is 4. The van der Waals surface area contributed by atoms with Crippen molar-refractivity contribution >= 4 is 17.5 Å².